The molecule has 0 radical (unpaired) electrons. The summed E-state index contributed by atoms with van der Waals surface area (Å²) in [5.41, 5.74) is 1.12. The monoisotopic (exact) mass is 408 g/mol. The first-order chi connectivity index (χ1) is 13.4. The van der Waals surface area contributed by atoms with Crippen molar-refractivity contribution in [3.05, 3.63) is 41.0 Å². The van der Waals surface area contributed by atoms with Gasteiger partial charge in [-0.1, -0.05) is 19.1 Å². The predicted molar refractivity (Wildman–Crippen MR) is 104 cm³/mol. The van der Waals surface area contributed by atoms with Crippen LogP contribution in [0.15, 0.2) is 29.6 Å². The molecule has 7 nitrogen and oxygen atoms in total. The molecular formula is C19H21FN2O5S. The highest BCUT2D eigenvalue weighted by molar-refractivity contribution is 7.15. The second-order valence-electron chi connectivity index (χ2n) is 5.80. The summed E-state index contributed by atoms with van der Waals surface area (Å²) in [6.45, 7) is 3.23. The number of ether oxygens (including phenoxy) is 1. The first-order valence-corrected chi connectivity index (χ1v) is 9.56. The number of carbonyl (C=O) groups excluding carboxylic acids is 3. The molecule has 2 amide bonds. The number of aliphatic hydroxyl groups excluding tert-OH is 1. The molecule has 1 aromatic heterocycles. The average molecular weight is 408 g/mol. The molecule has 1 atom stereocenters. The van der Waals surface area contributed by atoms with Gasteiger partial charge in [0.05, 0.1) is 19.3 Å². The molecule has 0 aliphatic heterocycles. The SMILES string of the molecule is CCOC(=O)c1c(-c2ccc(F)cc2)csc1NC(=O)C(=O)N[C@H](CC)CO. The molecule has 1 aromatic carbocycles. The van der Waals surface area contributed by atoms with Crippen LogP contribution >= 0.6 is 11.3 Å². The Morgan fingerprint density at radius 2 is 1.86 bits per heavy atom. The first kappa shape index (κ1) is 21.5. The lowest BCUT2D eigenvalue weighted by Gasteiger charge is -2.13. The third-order valence-corrected chi connectivity index (χ3v) is 4.80. The van der Waals surface area contributed by atoms with Crippen LogP contribution in [0, 0.1) is 5.82 Å². The molecule has 0 aliphatic carbocycles. The van der Waals surface area contributed by atoms with Crippen LogP contribution in [-0.4, -0.2) is 42.1 Å². The summed E-state index contributed by atoms with van der Waals surface area (Å²) in [5.74, 6) is -2.98. The minimum Gasteiger partial charge on any atom is -0.462 e. The molecule has 9 heteroatoms. The van der Waals surface area contributed by atoms with Crippen LogP contribution < -0.4 is 10.6 Å². The summed E-state index contributed by atoms with van der Waals surface area (Å²) in [7, 11) is 0. The number of nitrogens with one attached hydrogen (secondary N) is 2. The van der Waals surface area contributed by atoms with Gasteiger partial charge in [0.25, 0.3) is 0 Å². The maximum atomic E-state index is 13.2. The van der Waals surface area contributed by atoms with Gasteiger partial charge in [-0.25, -0.2) is 9.18 Å². The van der Waals surface area contributed by atoms with Crippen LogP contribution in [0.25, 0.3) is 11.1 Å². The zero-order chi connectivity index (χ0) is 20.7. The highest BCUT2D eigenvalue weighted by Crippen LogP contribution is 2.36. The average Bonchev–Trinajstić information content (AvgIpc) is 3.10. The predicted octanol–water partition coefficient (Wildman–Crippen LogP) is 2.56. The van der Waals surface area contributed by atoms with E-state index in [1.807, 2.05) is 0 Å². The van der Waals surface area contributed by atoms with Crippen LogP contribution in [-0.2, 0) is 14.3 Å². The second-order valence-corrected chi connectivity index (χ2v) is 6.68. The van der Waals surface area contributed by atoms with Gasteiger partial charge in [-0.15, -0.1) is 11.3 Å². The van der Waals surface area contributed by atoms with E-state index in [2.05, 4.69) is 10.6 Å². The molecular weight excluding hydrogens is 387 g/mol. The van der Waals surface area contributed by atoms with E-state index in [0.717, 1.165) is 11.3 Å². The molecule has 0 aliphatic rings. The Kier molecular flexibility index (Phi) is 7.65. The summed E-state index contributed by atoms with van der Waals surface area (Å²) < 4.78 is 18.3. The zero-order valence-electron chi connectivity index (χ0n) is 15.5. The molecule has 0 saturated carbocycles. The van der Waals surface area contributed by atoms with E-state index in [4.69, 9.17) is 9.84 Å². The number of carbonyl (C=O) groups is 3. The summed E-state index contributed by atoms with van der Waals surface area (Å²) in [5, 5.41) is 15.7. The smallest absolute Gasteiger partial charge is 0.341 e. The van der Waals surface area contributed by atoms with Crippen molar-refractivity contribution in [2.75, 3.05) is 18.5 Å². The first-order valence-electron chi connectivity index (χ1n) is 8.68. The van der Waals surface area contributed by atoms with Gasteiger partial charge in [0, 0.05) is 10.9 Å². The van der Waals surface area contributed by atoms with Gasteiger partial charge in [-0.05, 0) is 31.0 Å². The third-order valence-electron chi connectivity index (χ3n) is 3.91. The van der Waals surface area contributed by atoms with Crippen LogP contribution in [0.3, 0.4) is 0 Å². The van der Waals surface area contributed by atoms with E-state index < -0.39 is 29.6 Å². The van der Waals surface area contributed by atoms with Crippen LogP contribution in [0.2, 0.25) is 0 Å². The third kappa shape index (κ3) is 5.14. The molecule has 1 heterocycles. The lowest BCUT2D eigenvalue weighted by Crippen LogP contribution is -2.43. The van der Waals surface area contributed by atoms with Crippen LogP contribution in [0.1, 0.15) is 30.6 Å². The topological polar surface area (TPSA) is 105 Å². The van der Waals surface area contributed by atoms with E-state index in [-0.39, 0.29) is 23.8 Å². The van der Waals surface area contributed by atoms with E-state index in [1.54, 1.807) is 19.2 Å². The highest BCUT2D eigenvalue weighted by Gasteiger charge is 2.25. The van der Waals surface area contributed by atoms with Gasteiger partial charge in [0.1, 0.15) is 16.4 Å². The van der Waals surface area contributed by atoms with Crippen molar-refractivity contribution < 1.29 is 28.6 Å². The molecule has 0 spiro atoms. The normalized spacial score (nSPS) is 11.6. The van der Waals surface area contributed by atoms with E-state index >= 15 is 0 Å². The van der Waals surface area contributed by atoms with Crippen molar-refractivity contribution in [2.45, 2.75) is 26.3 Å². The fraction of sp³-hybridized carbons (Fsp3) is 0.316. The summed E-state index contributed by atoms with van der Waals surface area (Å²) in [6.07, 6.45) is 0.456. The second kappa shape index (κ2) is 9.95. The largest absolute Gasteiger partial charge is 0.462 e. The Bertz CT molecular complexity index is 847. The van der Waals surface area contributed by atoms with Crippen LogP contribution in [0.4, 0.5) is 9.39 Å². The number of hydrogen-bond acceptors (Lipinski definition) is 6. The van der Waals surface area contributed by atoms with Gasteiger partial charge in [-0.3, -0.25) is 9.59 Å². The standard InChI is InChI=1S/C19H21FN2O5S/c1-3-13(9-23)21-16(24)17(25)22-18-15(19(26)27-4-2)14(10-28-18)11-5-7-12(20)8-6-11/h5-8,10,13,23H,3-4,9H2,1-2H3,(H,21,24)(H,22,25)/t13-/m1/s1. The van der Waals surface area contributed by atoms with Crippen molar-refractivity contribution in [3.63, 3.8) is 0 Å². The summed E-state index contributed by atoms with van der Waals surface area (Å²) >= 11 is 1.05. The van der Waals surface area contributed by atoms with Gasteiger partial charge < -0.3 is 20.5 Å². The molecule has 3 N–H and O–H groups in total. The van der Waals surface area contributed by atoms with Gasteiger partial charge in [-0.2, -0.15) is 0 Å². The number of hydrogen-bond donors (Lipinski definition) is 3. The molecule has 0 saturated heterocycles. The molecule has 0 bridgehead atoms. The van der Waals surface area contributed by atoms with E-state index in [1.165, 1.54) is 24.3 Å². The number of esters is 1. The Labute approximate surface area is 165 Å². The molecule has 0 unspecified atom stereocenters. The number of halogens is 1. The van der Waals surface area contributed by atoms with Crippen LogP contribution in [0.5, 0.6) is 0 Å². The Balaban J connectivity index is 2.31. The highest BCUT2D eigenvalue weighted by atomic mass is 32.1. The molecule has 2 rings (SSSR count). The van der Waals surface area contributed by atoms with Gasteiger partial charge in [0.15, 0.2) is 0 Å². The lowest BCUT2D eigenvalue weighted by atomic mass is 10.0. The van der Waals surface area contributed by atoms with Crippen molar-refractivity contribution in [1.82, 2.24) is 5.32 Å². The Morgan fingerprint density at radius 3 is 2.43 bits per heavy atom. The zero-order valence-corrected chi connectivity index (χ0v) is 16.3. The molecule has 28 heavy (non-hydrogen) atoms. The van der Waals surface area contributed by atoms with Gasteiger partial charge in [0.2, 0.25) is 0 Å². The fourth-order valence-corrected chi connectivity index (χ4v) is 3.34. The van der Waals surface area contributed by atoms with E-state index in [0.29, 0.717) is 17.5 Å². The maximum Gasteiger partial charge on any atom is 0.341 e. The van der Waals surface area contributed by atoms with E-state index in [9.17, 15) is 18.8 Å². The van der Waals surface area contributed by atoms with Gasteiger partial charge >= 0.3 is 17.8 Å². The Morgan fingerprint density at radius 1 is 1.18 bits per heavy atom. The molecule has 150 valence electrons. The molecule has 0 fully saturated rings. The minimum atomic E-state index is -0.968. The number of rotatable bonds is 7. The number of benzene rings is 1. The summed E-state index contributed by atoms with van der Waals surface area (Å²) in [4.78, 5) is 36.6. The lowest BCUT2D eigenvalue weighted by molar-refractivity contribution is -0.136. The number of amides is 2. The quantitative estimate of drug-likeness (QED) is 0.482. The number of aliphatic hydroxyl groups is 1. The molecule has 2 aromatic rings. The van der Waals surface area contributed by atoms with Crippen molar-refractivity contribution in [2.24, 2.45) is 0 Å². The number of thiophene rings is 1. The minimum absolute atomic E-state index is 0.0915. The van der Waals surface area contributed by atoms with Crippen molar-refractivity contribution in [3.8, 4) is 11.1 Å². The van der Waals surface area contributed by atoms with Crippen molar-refractivity contribution in [1.29, 1.82) is 0 Å². The number of anilines is 1. The maximum absolute atomic E-state index is 13.2. The fourth-order valence-electron chi connectivity index (χ4n) is 2.39. The summed E-state index contributed by atoms with van der Waals surface area (Å²) in [6, 6.07) is 4.98. The Hall–Kier alpha value is -2.78. The van der Waals surface area contributed by atoms with Crippen molar-refractivity contribution >= 4 is 34.1 Å².